The van der Waals surface area contributed by atoms with Crippen LogP contribution in [0.1, 0.15) is 43.6 Å². The average Bonchev–Trinajstić information content (AvgIpc) is 2.41. The molecule has 0 saturated heterocycles. The average molecular weight is 292 g/mol. The molecule has 1 unspecified atom stereocenters. The number of nitrogens with one attached hydrogen (secondary N) is 2. The van der Waals surface area contributed by atoms with Crippen molar-refractivity contribution in [3.05, 3.63) is 35.4 Å². The van der Waals surface area contributed by atoms with E-state index in [2.05, 4.69) is 31.4 Å². The second-order valence-electron chi connectivity index (χ2n) is 6.16. The lowest BCUT2D eigenvalue weighted by atomic mass is 9.87. The Labute approximate surface area is 125 Å². The first kappa shape index (κ1) is 17.2. The third-order valence-corrected chi connectivity index (χ3v) is 3.02. The first-order valence-electron chi connectivity index (χ1n) is 7.03. The van der Waals surface area contributed by atoms with Gasteiger partial charge in [0.2, 0.25) is 5.91 Å². The summed E-state index contributed by atoms with van der Waals surface area (Å²) in [6, 6.07) is 7.35. The van der Waals surface area contributed by atoms with Crippen LogP contribution in [0.15, 0.2) is 24.3 Å². The molecule has 0 radical (unpaired) electrons. The molecule has 1 rings (SSSR count). The fourth-order valence-electron chi connectivity index (χ4n) is 1.71. The van der Waals surface area contributed by atoms with Gasteiger partial charge in [0.05, 0.1) is 12.6 Å². The summed E-state index contributed by atoms with van der Waals surface area (Å²) in [4.78, 5) is 23.3. The number of benzene rings is 1. The van der Waals surface area contributed by atoms with Crippen molar-refractivity contribution in [1.29, 1.82) is 0 Å². The summed E-state index contributed by atoms with van der Waals surface area (Å²) >= 11 is 0. The molecule has 0 spiro atoms. The van der Waals surface area contributed by atoms with Gasteiger partial charge in [-0.3, -0.25) is 9.59 Å². The van der Waals surface area contributed by atoms with E-state index in [4.69, 9.17) is 5.11 Å². The van der Waals surface area contributed by atoms with E-state index in [1.165, 1.54) is 0 Å². The molecule has 0 heterocycles. The van der Waals surface area contributed by atoms with Gasteiger partial charge in [-0.2, -0.15) is 0 Å². The van der Waals surface area contributed by atoms with Gasteiger partial charge < -0.3 is 15.7 Å². The molecule has 5 heteroatoms. The number of hydrogen-bond acceptors (Lipinski definition) is 3. The summed E-state index contributed by atoms with van der Waals surface area (Å²) in [5.41, 5.74) is 1.70. The number of rotatable bonds is 5. The van der Waals surface area contributed by atoms with Gasteiger partial charge in [0.25, 0.3) is 5.91 Å². The maximum atomic E-state index is 11.9. The summed E-state index contributed by atoms with van der Waals surface area (Å²) in [5.74, 6) is -0.613. The molecule has 0 bridgehead atoms. The molecule has 0 aliphatic heterocycles. The highest BCUT2D eigenvalue weighted by molar-refractivity contribution is 5.96. The van der Waals surface area contributed by atoms with E-state index >= 15 is 0 Å². The predicted molar refractivity (Wildman–Crippen MR) is 82.2 cm³/mol. The fourth-order valence-corrected chi connectivity index (χ4v) is 1.71. The van der Waals surface area contributed by atoms with E-state index in [0.29, 0.717) is 5.56 Å². The zero-order valence-corrected chi connectivity index (χ0v) is 13.1. The summed E-state index contributed by atoms with van der Waals surface area (Å²) in [5, 5.41) is 14.1. The maximum absolute atomic E-state index is 11.9. The SMILES string of the molecule is CC(O)CNC(=O)CNC(=O)c1ccc(C(C)(C)C)cc1. The van der Waals surface area contributed by atoms with Crippen molar-refractivity contribution < 1.29 is 14.7 Å². The highest BCUT2D eigenvalue weighted by Crippen LogP contribution is 2.22. The molecule has 0 aliphatic rings. The first-order chi connectivity index (χ1) is 9.70. The van der Waals surface area contributed by atoms with Crippen LogP contribution in [0.3, 0.4) is 0 Å². The Balaban J connectivity index is 2.51. The summed E-state index contributed by atoms with van der Waals surface area (Å²) in [7, 11) is 0. The Hall–Kier alpha value is -1.88. The first-order valence-corrected chi connectivity index (χ1v) is 7.03. The predicted octanol–water partition coefficient (Wildman–Crippen LogP) is 1.21. The van der Waals surface area contributed by atoms with Gasteiger partial charge in [-0.05, 0) is 30.0 Å². The van der Waals surface area contributed by atoms with Gasteiger partial charge in [0.15, 0.2) is 0 Å². The van der Waals surface area contributed by atoms with Crippen LogP contribution in [-0.2, 0) is 10.2 Å². The second kappa shape index (κ2) is 7.22. The minimum Gasteiger partial charge on any atom is -0.392 e. The number of aliphatic hydroxyl groups excluding tert-OH is 1. The lowest BCUT2D eigenvalue weighted by Crippen LogP contribution is -2.39. The Kier molecular flexibility index (Phi) is 5.90. The molecule has 0 fully saturated rings. The van der Waals surface area contributed by atoms with E-state index in [1.54, 1.807) is 19.1 Å². The number of carbonyl (C=O) groups is 2. The smallest absolute Gasteiger partial charge is 0.251 e. The van der Waals surface area contributed by atoms with Gasteiger partial charge in [-0.15, -0.1) is 0 Å². The van der Waals surface area contributed by atoms with Crippen LogP contribution in [0.2, 0.25) is 0 Å². The third kappa shape index (κ3) is 5.95. The van der Waals surface area contributed by atoms with Gasteiger partial charge in [-0.25, -0.2) is 0 Å². The standard InChI is InChI=1S/C16H24N2O3/c1-11(19)9-17-14(20)10-18-15(21)12-5-7-13(8-6-12)16(2,3)4/h5-8,11,19H,9-10H2,1-4H3,(H,17,20)(H,18,21). The van der Waals surface area contributed by atoms with Crippen molar-refractivity contribution in [3.8, 4) is 0 Å². The Morgan fingerprint density at radius 2 is 1.71 bits per heavy atom. The van der Waals surface area contributed by atoms with E-state index < -0.39 is 6.10 Å². The molecule has 3 N–H and O–H groups in total. The molecule has 1 atom stereocenters. The fraction of sp³-hybridized carbons (Fsp3) is 0.500. The minimum absolute atomic E-state index is 0.0376. The third-order valence-electron chi connectivity index (χ3n) is 3.02. The number of carbonyl (C=O) groups excluding carboxylic acids is 2. The normalized spacial score (nSPS) is 12.6. The lowest BCUT2D eigenvalue weighted by Gasteiger charge is -2.19. The van der Waals surface area contributed by atoms with Crippen molar-refractivity contribution in [1.82, 2.24) is 10.6 Å². The van der Waals surface area contributed by atoms with E-state index in [-0.39, 0.29) is 30.3 Å². The van der Waals surface area contributed by atoms with Crippen molar-refractivity contribution in [2.45, 2.75) is 39.2 Å². The Morgan fingerprint density at radius 1 is 1.14 bits per heavy atom. The molecular formula is C16H24N2O3. The van der Waals surface area contributed by atoms with Gasteiger partial charge in [-0.1, -0.05) is 32.9 Å². The van der Waals surface area contributed by atoms with Crippen LogP contribution < -0.4 is 10.6 Å². The topological polar surface area (TPSA) is 78.4 Å². The van der Waals surface area contributed by atoms with Crippen LogP contribution in [0.25, 0.3) is 0 Å². The molecule has 1 aromatic carbocycles. The van der Waals surface area contributed by atoms with Crippen LogP contribution in [-0.4, -0.2) is 36.1 Å². The molecule has 116 valence electrons. The van der Waals surface area contributed by atoms with Gasteiger partial charge >= 0.3 is 0 Å². The largest absolute Gasteiger partial charge is 0.392 e. The molecule has 0 aliphatic carbocycles. The number of aliphatic hydroxyl groups is 1. The number of amides is 2. The van der Waals surface area contributed by atoms with E-state index in [1.807, 2.05) is 12.1 Å². The summed E-state index contributed by atoms with van der Waals surface area (Å²) in [6.07, 6.45) is -0.602. The molecule has 1 aromatic rings. The Bertz CT molecular complexity index is 487. The molecular weight excluding hydrogens is 268 g/mol. The van der Waals surface area contributed by atoms with Crippen molar-refractivity contribution >= 4 is 11.8 Å². The van der Waals surface area contributed by atoms with Crippen LogP contribution in [0.4, 0.5) is 0 Å². The molecule has 0 saturated carbocycles. The molecule has 2 amide bonds. The molecule has 21 heavy (non-hydrogen) atoms. The minimum atomic E-state index is -0.602. The lowest BCUT2D eigenvalue weighted by molar-refractivity contribution is -0.120. The van der Waals surface area contributed by atoms with Crippen molar-refractivity contribution in [2.75, 3.05) is 13.1 Å². The quantitative estimate of drug-likeness (QED) is 0.763. The van der Waals surface area contributed by atoms with Crippen molar-refractivity contribution in [2.24, 2.45) is 0 Å². The van der Waals surface area contributed by atoms with Crippen LogP contribution >= 0.6 is 0 Å². The summed E-state index contributed by atoms with van der Waals surface area (Å²) in [6.45, 7) is 7.97. The highest BCUT2D eigenvalue weighted by atomic mass is 16.3. The zero-order valence-electron chi connectivity index (χ0n) is 13.1. The van der Waals surface area contributed by atoms with Crippen LogP contribution in [0.5, 0.6) is 0 Å². The van der Waals surface area contributed by atoms with E-state index in [9.17, 15) is 9.59 Å². The monoisotopic (exact) mass is 292 g/mol. The van der Waals surface area contributed by atoms with Gasteiger partial charge in [0, 0.05) is 12.1 Å². The zero-order chi connectivity index (χ0) is 16.0. The molecule has 5 nitrogen and oxygen atoms in total. The number of hydrogen-bond donors (Lipinski definition) is 3. The highest BCUT2D eigenvalue weighted by Gasteiger charge is 2.14. The van der Waals surface area contributed by atoms with Crippen molar-refractivity contribution in [3.63, 3.8) is 0 Å². The van der Waals surface area contributed by atoms with E-state index in [0.717, 1.165) is 5.56 Å². The maximum Gasteiger partial charge on any atom is 0.251 e. The molecule has 0 aromatic heterocycles. The van der Waals surface area contributed by atoms with Crippen LogP contribution in [0, 0.1) is 0 Å². The summed E-state index contributed by atoms with van der Waals surface area (Å²) < 4.78 is 0. The van der Waals surface area contributed by atoms with Gasteiger partial charge in [0.1, 0.15) is 0 Å². The Morgan fingerprint density at radius 3 is 2.19 bits per heavy atom. The second-order valence-corrected chi connectivity index (χ2v) is 6.16.